The quantitative estimate of drug-likeness (QED) is 0.324. The third-order valence-electron chi connectivity index (χ3n) is 0. The second kappa shape index (κ2) is 29.4. The van der Waals surface area contributed by atoms with E-state index in [0.29, 0.717) is 0 Å². The summed E-state index contributed by atoms with van der Waals surface area (Å²) in [5, 5.41) is 0. The van der Waals surface area contributed by atoms with Gasteiger partial charge in [0.15, 0.2) is 0 Å². The van der Waals surface area contributed by atoms with Crippen LogP contribution >= 0.6 is 0 Å². The first-order chi connectivity index (χ1) is 0. The zero-order valence-electron chi connectivity index (χ0n) is 2.12. The largest absolute Gasteiger partial charge is 0.412 e. The predicted molar refractivity (Wildman–Crippen MR) is 13.0 cm³/mol. The molecule has 0 aliphatic carbocycles. The van der Waals surface area contributed by atoms with Crippen LogP contribution in [0.2, 0.25) is 0 Å². The first kappa shape index (κ1) is 62.5. The summed E-state index contributed by atoms with van der Waals surface area (Å²) in [7, 11) is 0. The van der Waals surface area contributed by atoms with Gasteiger partial charge in [-0.15, -0.1) is 0 Å². The van der Waals surface area contributed by atoms with Crippen molar-refractivity contribution in [2.24, 2.45) is 0 Å². The van der Waals surface area contributed by atoms with Gasteiger partial charge in [0.1, 0.15) is 0 Å². The fourth-order valence-corrected chi connectivity index (χ4v) is 0. The van der Waals surface area contributed by atoms with Crippen LogP contribution in [0.15, 0.2) is 0 Å². The van der Waals surface area contributed by atoms with Gasteiger partial charge in [0.25, 0.3) is 0 Å². The van der Waals surface area contributed by atoms with E-state index in [-0.39, 0.29) is 51.4 Å². The molecule has 0 heterocycles. The molecule has 0 aromatic heterocycles. The number of rotatable bonds is 0. The van der Waals surface area contributed by atoms with Crippen LogP contribution in [0.1, 0.15) is 0 Å². The summed E-state index contributed by atoms with van der Waals surface area (Å²) in [6.45, 7) is 0. The zero-order chi connectivity index (χ0) is 0. The fraction of sp³-hybridized carbons (Fsp3) is 0. The molecule has 0 unspecified atom stereocenters. The number of hydrogen-bond donors (Lipinski definition) is 0. The summed E-state index contributed by atoms with van der Waals surface area (Å²) >= 11 is 0. The van der Waals surface area contributed by atoms with Gasteiger partial charge >= 0.3 is 0 Å². The molecule has 0 saturated heterocycles. The fourth-order valence-electron chi connectivity index (χ4n) is 0. The van der Waals surface area contributed by atoms with E-state index in [1.807, 2.05) is 0 Å². The molecule has 4 N–H and O–H groups in total. The first-order valence-corrected chi connectivity index (χ1v) is 0. The van der Waals surface area contributed by atoms with Crippen molar-refractivity contribution in [3.8, 4) is 0 Å². The monoisotopic (exact) mass is 112 g/mol. The summed E-state index contributed by atoms with van der Waals surface area (Å²) in [4.78, 5) is 0. The van der Waals surface area contributed by atoms with Crippen LogP contribution in [-0.4, -0.2) is 34.0 Å². The summed E-state index contributed by atoms with van der Waals surface area (Å²) in [6, 6.07) is 0. The molecule has 0 fully saturated rings. The zero-order valence-corrected chi connectivity index (χ0v) is 4.80. The van der Waals surface area contributed by atoms with Crippen molar-refractivity contribution in [1.82, 2.24) is 0 Å². The van der Waals surface area contributed by atoms with Gasteiger partial charge in [-0.3, -0.25) is 0 Å². The maximum Gasteiger partial charge on any atom is 0 e. The SMILES string of the molecule is O.O.[Cr].[Mg]. The minimum atomic E-state index is 0. The molecular formula is H4CrMgO2. The Morgan fingerprint density at radius 2 is 0.750 bits per heavy atom. The van der Waals surface area contributed by atoms with Gasteiger partial charge in [-0.25, -0.2) is 0 Å². The Hall–Kier alpha value is 1.22. The molecule has 2 radical (unpaired) electrons. The van der Waals surface area contributed by atoms with E-state index in [2.05, 4.69) is 0 Å². The van der Waals surface area contributed by atoms with Gasteiger partial charge < -0.3 is 11.0 Å². The normalized spacial score (nSPS) is 0. The van der Waals surface area contributed by atoms with Gasteiger partial charge in [0.05, 0.1) is 0 Å². The molecule has 0 saturated carbocycles. The van der Waals surface area contributed by atoms with Crippen LogP contribution in [0.4, 0.5) is 0 Å². The van der Waals surface area contributed by atoms with Crippen LogP contribution in [-0.2, 0) is 17.4 Å². The van der Waals surface area contributed by atoms with Crippen LogP contribution < -0.4 is 0 Å². The summed E-state index contributed by atoms with van der Waals surface area (Å²) in [5.41, 5.74) is 0. The molecule has 0 atom stereocenters. The minimum Gasteiger partial charge on any atom is -0.412 e. The van der Waals surface area contributed by atoms with E-state index in [1.54, 1.807) is 0 Å². The van der Waals surface area contributed by atoms with Crippen LogP contribution in [0, 0.1) is 0 Å². The van der Waals surface area contributed by atoms with E-state index in [9.17, 15) is 0 Å². The molecular weight excluding hydrogens is 108 g/mol. The molecule has 0 spiro atoms. The molecule has 24 valence electrons. The Bertz CT molecular complexity index is 6.00. The standard InChI is InChI=1S/Cr.Mg.2H2O/h;;2*1H2. The summed E-state index contributed by atoms with van der Waals surface area (Å²) < 4.78 is 0. The molecule has 0 rings (SSSR count). The van der Waals surface area contributed by atoms with Crippen molar-refractivity contribution in [3.05, 3.63) is 0 Å². The Kier molecular flexibility index (Phi) is 460. The Morgan fingerprint density at radius 1 is 0.750 bits per heavy atom. The van der Waals surface area contributed by atoms with Crippen molar-refractivity contribution in [2.75, 3.05) is 0 Å². The van der Waals surface area contributed by atoms with E-state index >= 15 is 0 Å². The molecule has 2 nitrogen and oxygen atoms in total. The van der Waals surface area contributed by atoms with E-state index in [0.717, 1.165) is 0 Å². The smallest absolute Gasteiger partial charge is 0 e. The van der Waals surface area contributed by atoms with Crippen molar-refractivity contribution in [3.63, 3.8) is 0 Å². The van der Waals surface area contributed by atoms with Gasteiger partial charge in [-0.1, -0.05) is 0 Å². The van der Waals surface area contributed by atoms with Gasteiger partial charge in [-0.2, -0.15) is 0 Å². The minimum absolute atomic E-state index is 0. The summed E-state index contributed by atoms with van der Waals surface area (Å²) in [6.07, 6.45) is 0. The molecule has 0 aliphatic heterocycles. The Balaban J connectivity index is 0. The van der Waals surface area contributed by atoms with Crippen molar-refractivity contribution < 1.29 is 28.3 Å². The Morgan fingerprint density at radius 3 is 0.750 bits per heavy atom. The topological polar surface area (TPSA) is 63.0 Å². The van der Waals surface area contributed by atoms with E-state index in [1.165, 1.54) is 0 Å². The number of hydrogen-bond acceptors (Lipinski definition) is 0. The second-order valence-electron chi connectivity index (χ2n) is 0. The maximum absolute atomic E-state index is 0. The maximum atomic E-state index is 0. The summed E-state index contributed by atoms with van der Waals surface area (Å²) in [5.74, 6) is 0. The van der Waals surface area contributed by atoms with Gasteiger partial charge in [-0.05, 0) is 0 Å². The first-order valence-electron chi connectivity index (χ1n) is 0. The van der Waals surface area contributed by atoms with Crippen LogP contribution in [0.3, 0.4) is 0 Å². The third kappa shape index (κ3) is 10.7. The van der Waals surface area contributed by atoms with Crippen molar-refractivity contribution >= 4 is 23.1 Å². The average molecular weight is 112 g/mol. The Labute approximate surface area is 51.5 Å². The average Bonchev–Trinajstić information content (AvgIpc) is 0. The van der Waals surface area contributed by atoms with Crippen molar-refractivity contribution in [2.45, 2.75) is 0 Å². The predicted octanol–water partition coefficient (Wildman–Crippen LogP) is -2.03. The molecule has 4 heteroatoms. The van der Waals surface area contributed by atoms with E-state index in [4.69, 9.17) is 0 Å². The molecule has 4 heavy (non-hydrogen) atoms. The molecule has 0 aliphatic rings. The van der Waals surface area contributed by atoms with Gasteiger partial charge in [0.2, 0.25) is 0 Å². The molecule has 0 bridgehead atoms. The molecule has 0 aromatic carbocycles. The molecule has 0 amide bonds. The van der Waals surface area contributed by atoms with E-state index < -0.39 is 0 Å². The van der Waals surface area contributed by atoms with Crippen LogP contribution in [0.25, 0.3) is 0 Å². The van der Waals surface area contributed by atoms with Crippen molar-refractivity contribution in [1.29, 1.82) is 0 Å². The van der Waals surface area contributed by atoms with Crippen LogP contribution in [0.5, 0.6) is 0 Å². The molecule has 0 aromatic rings. The van der Waals surface area contributed by atoms with Gasteiger partial charge in [0, 0.05) is 40.4 Å². The third-order valence-corrected chi connectivity index (χ3v) is 0. The second-order valence-corrected chi connectivity index (χ2v) is 0.